The number of nitrogens with two attached hydrogens (primary N) is 1. The fraction of sp³-hybridized carbons (Fsp3) is 0.394. The summed E-state index contributed by atoms with van der Waals surface area (Å²) in [6.45, 7) is 2.99. The number of aromatic amines is 1. The van der Waals surface area contributed by atoms with Crippen molar-refractivity contribution in [3.63, 3.8) is 0 Å². The number of rotatable bonds is 10. The molecule has 2 aromatic carbocycles. The number of amides is 2. The fourth-order valence-electron chi connectivity index (χ4n) is 4.81. The van der Waals surface area contributed by atoms with Gasteiger partial charge in [0.05, 0.1) is 12.5 Å². The van der Waals surface area contributed by atoms with Gasteiger partial charge in [-0.15, -0.1) is 0 Å². The first-order valence-corrected chi connectivity index (χ1v) is 14.7. The Labute approximate surface area is 246 Å². The molecule has 1 saturated carbocycles. The molecule has 5 N–H and O–H groups in total. The van der Waals surface area contributed by atoms with Gasteiger partial charge in [-0.3, -0.25) is 19.2 Å². The van der Waals surface area contributed by atoms with Gasteiger partial charge in [0.1, 0.15) is 6.04 Å². The third-order valence-electron chi connectivity index (χ3n) is 7.30. The number of allylic oxidation sites excluding steroid dienone is 2. The number of carboxylic acids is 1. The number of benzene rings is 2. The first-order chi connectivity index (χ1) is 20.3. The van der Waals surface area contributed by atoms with Crippen LogP contribution in [0, 0.1) is 11.8 Å². The normalized spacial score (nSPS) is 18.9. The Hall–Kier alpha value is -4.40. The molecule has 0 spiro atoms. The molecule has 224 valence electrons. The predicted molar refractivity (Wildman–Crippen MR) is 166 cm³/mol. The van der Waals surface area contributed by atoms with Gasteiger partial charge in [0.15, 0.2) is 5.43 Å². The topological polar surface area (TPSA) is 146 Å². The summed E-state index contributed by atoms with van der Waals surface area (Å²) in [6.07, 6.45) is 13.1. The molecule has 1 aliphatic carbocycles. The smallest absolute Gasteiger partial charge is 0.307 e. The van der Waals surface area contributed by atoms with E-state index in [2.05, 4.69) is 29.4 Å². The predicted octanol–water partition coefficient (Wildman–Crippen LogP) is 4.95. The molecule has 3 atom stereocenters. The monoisotopic (exact) mass is 574 g/mol. The van der Waals surface area contributed by atoms with Crippen LogP contribution >= 0.6 is 0 Å². The third-order valence-corrected chi connectivity index (χ3v) is 7.30. The molecule has 5 rings (SSSR count). The maximum absolute atomic E-state index is 12.0. The van der Waals surface area contributed by atoms with Gasteiger partial charge >= 0.3 is 5.97 Å². The van der Waals surface area contributed by atoms with Crippen LogP contribution in [0.4, 0.5) is 5.69 Å². The zero-order valence-corrected chi connectivity index (χ0v) is 24.2. The minimum absolute atomic E-state index is 0.0688. The van der Waals surface area contributed by atoms with Crippen LogP contribution in [0.25, 0.3) is 10.9 Å². The van der Waals surface area contributed by atoms with Crippen molar-refractivity contribution in [2.75, 3.05) is 18.4 Å². The molecule has 2 amide bonds. The lowest BCUT2D eigenvalue weighted by molar-refractivity contribution is -0.138. The number of unbranched alkanes of at least 4 members (excludes halogenated alkanes) is 3. The molecule has 0 radical (unpaired) electrons. The fourth-order valence-corrected chi connectivity index (χ4v) is 4.81. The number of likely N-dealkylation sites (tertiary alicyclic amines) is 1. The minimum Gasteiger partial charge on any atom is -0.481 e. The van der Waals surface area contributed by atoms with E-state index in [1.807, 2.05) is 54.6 Å². The van der Waals surface area contributed by atoms with Crippen molar-refractivity contribution in [2.45, 2.75) is 57.9 Å². The second-order valence-electron chi connectivity index (χ2n) is 10.5. The van der Waals surface area contributed by atoms with Gasteiger partial charge in [-0.2, -0.15) is 0 Å². The molecule has 9 nitrogen and oxygen atoms in total. The summed E-state index contributed by atoms with van der Waals surface area (Å²) in [7, 11) is 0. The van der Waals surface area contributed by atoms with Crippen molar-refractivity contribution in [3.8, 4) is 0 Å². The molecule has 42 heavy (non-hydrogen) atoms. The Morgan fingerprint density at radius 1 is 1.07 bits per heavy atom. The van der Waals surface area contributed by atoms with Crippen LogP contribution < -0.4 is 16.5 Å². The van der Waals surface area contributed by atoms with E-state index < -0.39 is 17.9 Å². The molecular weight excluding hydrogens is 532 g/mol. The van der Waals surface area contributed by atoms with Gasteiger partial charge in [0.2, 0.25) is 11.8 Å². The van der Waals surface area contributed by atoms with Crippen LogP contribution in [-0.2, 0) is 14.4 Å². The highest BCUT2D eigenvalue weighted by Gasteiger charge is 2.40. The summed E-state index contributed by atoms with van der Waals surface area (Å²) in [4.78, 5) is 49.4. The maximum atomic E-state index is 12.0. The number of para-hydroxylation sites is 2. The average Bonchev–Trinajstić information content (AvgIpc) is 3.61. The lowest BCUT2D eigenvalue weighted by Gasteiger charge is -2.22. The van der Waals surface area contributed by atoms with Crippen molar-refractivity contribution in [1.29, 1.82) is 0 Å². The SMILES string of the molecule is CCCCC/C=C\C1CC1C(=O)O.NC(=O)C1CCCN1C(=O)CNc1ccccc1.O=c1cc[nH]c2ccccc12. The minimum atomic E-state index is -0.636. The summed E-state index contributed by atoms with van der Waals surface area (Å²) >= 11 is 0. The van der Waals surface area contributed by atoms with E-state index in [9.17, 15) is 19.2 Å². The largest absolute Gasteiger partial charge is 0.481 e. The van der Waals surface area contributed by atoms with E-state index in [0.29, 0.717) is 18.9 Å². The van der Waals surface area contributed by atoms with Gasteiger partial charge in [-0.05, 0) is 62.3 Å². The van der Waals surface area contributed by atoms with Gasteiger partial charge in [0.25, 0.3) is 0 Å². The Bertz CT molecular complexity index is 1380. The van der Waals surface area contributed by atoms with Gasteiger partial charge in [-0.25, -0.2) is 0 Å². The molecule has 3 unspecified atom stereocenters. The number of H-pyrrole nitrogens is 1. The number of aromatic nitrogens is 1. The van der Waals surface area contributed by atoms with Crippen molar-refractivity contribution in [2.24, 2.45) is 17.6 Å². The number of hydrogen-bond donors (Lipinski definition) is 4. The number of nitrogens with one attached hydrogen (secondary N) is 2. The van der Waals surface area contributed by atoms with E-state index in [0.717, 1.165) is 35.9 Å². The van der Waals surface area contributed by atoms with E-state index in [-0.39, 0.29) is 23.8 Å². The Kier molecular flexibility index (Phi) is 12.8. The number of anilines is 1. The quantitative estimate of drug-likeness (QED) is 0.199. The zero-order chi connectivity index (χ0) is 30.3. The van der Waals surface area contributed by atoms with E-state index >= 15 is 0 Å². The molecule has 1 saturated heterocycles. The summed E-state index contributed by atoms with van der Waals surface area (Å²) in [5.41, 5.74) is 7.13. The summed E-state index contributed by atoms with van der Waals surface area (Å²) < 4.78 is 0. The molecular formula is C33H42N4O5. The van der Waals surface area contributed by atoms with Crippen molar-refractivity contribution < 1.29 is 19.5 Å². The van der Waals surface area contributed by atoms with Crippen molar-refractivity contribution in [1.82, 2.24) is 9.88 Å². The molecule has 1 aromatic heterocycles. The van der Waals surface area contributed by atoms with E-state index in [4.69, 9.17) is 10.8 Å². The number of pyridine rings is 1. The molecule has 2 aliphatic rings. The standard InChI is InChI=1S/C13H17N3O2.C11H18O2.C9H7NO/c14-13(18)11-7-4-8-16(11)12(17)9-15-10-5-2-1-3-6-10;1-2-3-4-5-6-7-9-8-10(9)11(12)13;11-9-5-6-10-8-4-2-1-3-7(8)9/h1-3,5-6,11,15H,4,7-9H2,(H2,14,18);6-7,9-10H,2-5,8H2,1H3,(H,12,13);1-6H,(H,10,11)/b;7-6-;. The number of aliphatic carboxylic acids is 1. The van der Waals surface area contributed by atoms with Gasteiger partial charge in [0, 0.05) is 35.4 Å². The number of carboxylic acid groups (broad SMARTS) is 1. The van der Waals surface area contributed by atoms with Gasteiger partial charge < -0.3 is 26.0 Å². The second-order valence-corrected chi connectivity index (χ2v) is 10.5. The Morgan fingerprint density at radius 2 is 1.81 bits per heavy atom. The molecule has 9 heteroatoms. The molecule has 2 fully saturated rings. The Morgan fingerprint density at radius 3 is 2.48 bits per heavy atom. The first-order valence-electron chi connectivity index (χ1n) is 14.7. The zero-order valence-electron chi connectivity index (χ0n) is 24.2. The lowest BCUT2D eigenvalue weighted by atomic mass is 10.2. The second kappa shape index (κ2) is 16.8. The van der Waals surface area contributed by atoms with Crippen LogP contribution in [0.2, 0.25) is 0 Å². The number of hydrogen-bond acceptors (Lipinski definition) is 5. The highest BCUT2D eigenvalue weighted by Crippen LogP contribution is 2.39. The number of nitrogens with zero attached hydrogens (tertiary/aromatic N) is 1. The first kappa shape index (κ1) is 32.1. The molecule has 1 aliphatic heterocycles. The molecule has 2 heterocycles. The van der Waals surface area contributed by atoms with Crippen molar-refractivity contribution in [3.05, 3.63) is 89.2 Å². The average molecular weight is 575 g/mol. The number of carbonyl (C=O) groups excluding carboxylic acids is 2. The third kappa shape index (κ3) is 10.2. The number of fused-ring (bicyclic) bond motifs is 1. The Balaban J connectivity index is 0.000000179. The van der Waals surface area contributed by atoms with Crippen LogP contribution in [-0.4, -0.2) is 51.9 Å². The molecule has 0 bridgehead atoms. The van der Waals surface area contributed by atoms with E-state index in [1.165, 1.54) is 25.3 Å². The van der Waals surface area contributed by atoms with Crippen LogP contribution in [0.3, 0.4) is 0 Å². The number of primary amides is 1. The van der Waals surface area contributed by atoms with Crippen LogP contribution in [0.5, 0.6) is 0 Å². The van der Waals surface area contributed by atoms with Crippen LogP contribution in [0.1, 0.15) is 51.9 Å². The van der Waals surface area contributed by atoms with E-state index in [1.54, 1.807) is 11.1 Å². The summed E-state index contributed by atoms with van der Waals surface area (Å²) in [5.74, 6) is -0.884. The number of carbonyl (C=O) groups is 3. The molecule has 3 aromatic rings. The highest BCUT2D eigenvalue weighted by molar-refractivity contribution is 5.89. The summed E-state index contributed by atoms with van der Waals surface area (Å²) in [5, 5.41) is 12.4. The van der Waals surface area contributed by atoms with Crippen molar-refractivity contribution >= 4 is 34.4 Å². The summed E-state index contributed by atoms with van der Waals surface area (Å²) in [6, 6.07) is 18.0. The highest BCUT2D eigenvalue weighted by atomic mass is 16.4. The van der Waals surface area contributed by atoms with Crippen LogP contribution in [0.15, 0.2) is 83.8 Å². The maximum Gasteiger partial charge on any atom is 0.307 e. The lowest BCUT2D eigenvalue weighted by Crippen LogP contribution is -2.45. The van der Waals surface area contributed by atoms with Gasteiger partial charge in [-0.1, -0.05) is 62.2 Å².